The van der Waals surface area contributed by atoms with Gasteiger partial charge in [-0.2, -0.15) is 0 Å². The van der Waals surface area contributed by atoms with Crippen LogP contribution in [0.15, 0.2) is 54.7 Å². The lowest BCUT2D eigenvalue weighted by Gasteiger charge is -2.28. The highest BCUT2D eigenvalue weighted by Gasteiger charge is 2.18. The summed E-state index contributed by atoms with van der Waals surface area (Å²) in [4.78, 5) is 2.39. The van der Waals surface area contributed by atoms with E-state index in [1.165, 1.54) is 25.9 Å². The number of nitrogens with zero attached hydrogens (tertiary/aromatic N) is 4. The predicted octanol–water partition coefficient (Wildman–Crippen LogP) is 3.45. The summed E-state index contributed by atoms with van der Waals surface area (Å²) in [5.74, 6) is 0.687. The molecule has 0 radical (unpaired) electrons. The van der Waals surface area contributed by atoms with Gasteiger partial charge in [0.1, 0.15) is 5.69 Å². The van der Waals surface area contributed by atoms with Gasteiger partial charge in [-0.15, -0.1) is 5.10 Å². The minimum absolute atomic E-state index is 0.0701. The van der Waals surface area contributed by atoms with Crippen LogP contribution in [0.4, 0.5) is 0 Å². The number of aliphatic hydroxyl groups is 1. The van der Waals surface area contributed by atoms with E-state index in [1.807, 2.05) is 28.9 Å². The average Bonchev–Trinajstić information content (AvgIpc) is 3.18. The van der Waals surface area contributed by atoms with E-state index in [9.17, 15) is 5.11 Å². The van der Waals surface area contributed by atoms with Gasteiger partial charge in [0.05, 0.1) is 12.8 Å². The Morgan fingerprint density at radius 3 is 2.48 bits per heavy atom. The highest BCUT2D eigenvalue weighted by Crippen LogP contribution is 2.26. The average molecular weight is 362 g/mol. The Kier molecular flexibility index (Phi) is 5.32. The maximum absolute atomic E-state index is 9.20. The molecule has 4 rings (SSSR count). The molecule has 1 fully saturated rings. The summed E-state index contributed by atoms with van der Waals surface area (Å²) in [6, 6.07) is 16.4. The number of rotatable bonds is 5. The van der Waals surface area contributed by atoms with Gasteiger partial charge in [0.2, 0.25) is 0 Å². The lowest BCUT2D eigenvalue weighted by Crippen LogP contribution is -2.32. The number of aromatic nitrogens is 3. The standard InChI is InChI=1S/C22H26N4O/c1-25-11-9-17(10-12-25)14-26-15-22(23-24-26)21-4-2-3-20(13-21)19-7-5-18(16-27)6-8-19/h2-8,13,15,17,27H,9-12,14,16H2,1H3. The second kappa shape index (κ2) is 8.03. The van der Waals surface area contributed by atoms with E-state index in [-0.39, 0.29) is 6.61 Å². The van der Waals surface area contributed by atoms with Crippen molar-refractivity contribution in [2.75, 3.05) is 20.1 Å². The van der Waals surface area contributed by atoms with Gasteiger partial charge in [-0.25, -0.2) is 0 Å². The number of piperidine rings is 1. The van der Waals surface area contributed by atoms with Crippen LogP contribution in [-0.4, -0.2) is 45.1 Å². The zero-order chi connectivity index (χ0) is 18.6. The van der Waals surface area contributed by atoms with Crippen molar-refractivity contribution in [1.82, 2.24) is 19.9 Å². The van der Waals surface area contributed by atoms with Gasteiger partial charge >= 0.3 is 0 Å². The van der Waals surface area contributed by atoms with Crippen molar-refractivity contribution in [2.24, 2.45) is 5.92 Å². The van der Waals surface area contributed by atoms with Gasteiger partial charge in [0, 0.05) is 12.1 Å². The third-order valence-corrected chi connectivity index (χ3v) is 5.45. The van der Waals surface area contributed by atoms with Gasteiger partial charge in [-0.3, -0.25) is 4.68 Å². The predicted molar refractivity (Wildman–Crippen MR) is 107 cm³/mol. The van der Waals surface area contributed by atoms with Crippen molar-refractivity contribution < 1.29 is 5.11 Å². The Balaban J connectivity index is 1.49. The van der Waals surface area contributed by atoms with Crippen LogP contribution in [0.1, 0.15) is 18.4 Å². The topological polar surface area (TPSA) is 54.2 Å². The minimum atomic E-state index is 0.0701. The Morgan fingerprint density at radius 1 is 1.00 bits per heavy atom. The van der Waals surface area contributed by atoms with Gasteiger partial charge in [0.15, 0.2) is 0 Å². The monoisotopic (exact) mass is 362 g/mol. The lowest BCUT2D eigenvalue weighted by atomic mass is 9.97. The maximum Gasteiger partial charge on any atom is 0.113 e. The smallest absolute Gasteiger partial charge is 0.113 e. The van der Waals surface area contributed by atoms with Gasteiger partial charge in [0.25, 0.3) is 0 Å². The molecule has 0 amide bonds. The molecule has 0 unspecified atom stereocenters. The first-order valence-corrected chi connectivity index (χ1v) is 9.60. The summed E-state index contributed by atoms with van der Waals surface area (Å²) in [6.07, 6.45) is 4.52. The molecule has 0 bridgehead atoms. The Labute approximate surface area is 160 Å². The van der Waals surface area contributed by atoms with Crippen molar-refractivity contribution in [3.63, 3.8) is 0 Å². The van der Waals surface area contributed by atoms with Crippen LogP contribution < -0.4 is 0 Å². The van der Waals surface area contributed by atoms with Gasteiger partial charge in [-0.1, -0.05) is 47.7 Å². The van der Waals surface area contributed by atoms with Gasteiger partial charge < -0.3 is 10.0 Å². The maximum atomic E-state index is 9.20. The van der Waals surface area contributed by atoms with Crippen molar-refractivity contribution in [3.8, 4) is 22.4 Å². The van der Waals surface area contributed by atoms with Crippen LogP contribution in [0.3, 0.4) is 0 Å². The molecule has 1 aromatic heterocycles. The third-order valence-electron chi connectivity index (χ3n) is 5.45. The first kappa shape index (κ1) is 17.9. The fourth-order valence-corrected chi connectivity index (χ4v) is 3.69. The van der Waals surface area contributed by atoms with E-state index in [0.717, 1.165) is 34.5 Å². The first-order chi connectivity index (χ1) is 13.2. The molecule has 1 N–H and O–H groups in total. The van der Waals surface area contributed by atoms with E-state index >= 15 is 0 Å². The summed E-state index contributed by atoms with van der Waals surface area (Å²) in [5.41, 5.74) is 5.19. The molecule has 27 heavy (non-hydrogen) atoms. The van der Waals surface area contributed by atoms with Crippen LogP contribution in [0, 0.1) is 5.92 Å². The molecule has 0 spiro atoms. The molecule has 2 heterocycles. The molecule has 0 saturated carbocycles. The largest absolute Gasteiger partial charge is 0.392 e. The molecule has 5 heteroatoms. The van der Waals surface area contributed by atoms with Crippen LogP contribution in [0.5, 0.6) is 0 Å². The SMILES string of the molecule is CN1CCC(Cn2cc(-c3cccc(-c4ccc(CO)cc4)c3)nn2)CC1. The van der Waals surface area contributed by atoms with E-state index in [1.54, 1.807) is 0 Å². The fourth-order valence-electron chi connectivity index (χ4n) is 3.69. The Morgan fingerprint density at radius 2 is 1.74 bits per heavy atom. The highest BCUT2D eigenvalue weighted by atomic mass is 16.3. The van der Waals surface area contributed by atoms with Crippen LogP contribution in [0.2, 0.25) is 0 Å². The van der Waals surface area contributed by atoms with E-state index < -0.39 is 0 Å². The third kappa shape index (κ3) is 4.26. The summed E-state index contributed by atoms with van der Waals surface area (Å²) in [6.45, 7) is 3.36. The summed E-state index contributed by atoms with van der Waals surface area (Å²) >= 11 is 0. The minimum Gasteiger partial charge on any atom is -0.392 e. The van der Waals surface area contributed by atoms with Crippen molar-refractivity contribution in [3.05, 3.63) is 60.3 Å². The Hall–Kier alpha value is -2.50. The Bertz CT molecular complexity index is 879. The van der Waals surface area contributed by atoms with Gasteiger partial charge in [-0.05, 0) is 61.7 Å². The molecule has 0 atom stereocenters. The molecular formula is C22H26N4O. The normalized spacial score (nSPS) is 15.9. The van der Waals surface area contributed by atoms with E-state index in [0.29, 0.717) is 5.92 Å². The number of benzene rings is 2. The quantitative estimate of drug-likeness (QED) is 0.755. The fraction of sp³-hybridized carbons (Fsp3) is 0.364. The summed E-state index contributed by atoms with van der Waals surface area (Å²) < 4.78 is 1.99. The van der Waals surface area contributed by atoms with Crippen molar-refractivity contribution in [1.29, 1.82) is 0 Å². The molecule has 1 saturated heterocycles. The lowest BCUT2D eigenvalue weighted by molar-refractivity contribution is 0.200. The van der Waals surface area contributed by atoms with Crippen molar-refractivity contribution >= 4 is 0 Å². The molecule has 3 aromatic rings. The second-order valence-corrected chi connectivity index (χ2v) is 7.51. The first-order valence-electron chi connectivity index (χ1n) is 9.60. The van der Waals surface area contributed by atoms with Crippen LogP contribution in [-0.2, 0) is 13.2 Å². The van der Waals surface area contributed by atoms with E-state index in [2.05, 4.69) is 52.7 Å². The highest BCUT2D eigenvalue weighted by molar-refractivity contribution is 5.71. The molecular weight excluding hydrogens is 336 g/mol. The van der Waals surface area contributed by atoms with E-state index in [4.69, 9.17) is 0 Å². The number of hydrogen-bond acceptors (Lipinski definition) is 4. The second-order valence-electron chi connectivity index (χ2n) is 7.51. The molecule has 2 aromatic carbocycles. The molecule has 1 aliphatic heterocycles. The molecule has 5 nitrogen and oxygen atoms in total. The summed E-state index contributed by atoms with van der Waals surface area (Å²) in [7, 11) is 2.19. The number of hydrogen-bond donors (Lipinski definition) is 1. The van der Waals surface area contributed by atoms with Crippen LogP contribution in [0.25, 0.3) is 22.4 Å². The number of likely N-dealkylation sites (tertiary alicyclic amines) is 1. The molecule has 1 aliphatic rings. The zero-order valence-electron chi connectivity index (χ0n) is 15.8. The molecule has 0 aliphatic carbocycles. The molecule has 140 valence electrons. The zero-order valence-corrected chi connectivity index (χ0v) is 15.8. The van der Waals surface area contributed by atoms with Crippen molar-refractivity contribution in [2.45, 2.75) is 26.0 Å². The van der Waals surface area contributed by atoms with Crippen LogP contribution >= 0.6 is 0 Å². The number of aliphatic hydroxyl groups excluding tert-OH is 1. The summed E-state index contributed by atoms with van der Waals surface area (Å²) in [5, 5.41) is 18.0.